The SMILES string of the molecule is O=C(CN1CCCCC(O)C1=O)Nc1cn[nH]c1. The number of aromatic amines is 1. The van der Waals surface area contributed by atoms with Crippen molar-refractivity contribution < 1.29 is 14.7 Å². The van der Waals surface area contributed by atoms with Crippen LogP contribution in [0.4, 0.5) is 5.69 Å². The van der Waals surface area contributed by atoms with Gasteiger partial charge in [-0.25, -0.2) is 0 Å². The average Bonchev–Trinajstić information content (AvgIpc) is 2.79. The van der Waals surface area contributed by atoms with Gasteiger partial charge in [-0.3, -0.25) is 14.7 Å². The Morgan fingerprint density at radius 1 is 1.61 bits per heavy atom. The van der Waals surface area contributed by atoms with E-state index in [2.05, 4.69) is 15.5 Å². The van der Waals surface area contributed by atoms with Gasteiger partial charge in [0.05, 0.1) is 18.4 Å². The van der Waals surface area contributed by atoms with Crippen molar-refractivity contribution in [1.29, 1.82) is 0 Å². The molecule has 1 aromatic rings. The lowest BCUT2D eigenvalue weighted by Gasteiger charge is -2.21. The zero-order valence-corrected chi connectivity index (χ0v) is 9.93. The molecule has 98 valence electrons. The fourth-order valence-electron chi connectivity index (χ4n) is 1.93. The smallest absolute Gasteiger partial charge is 0.251 e. The molecule has 7 heteroatoms. The van der Waals surface area contributed by atoms with Crippen molar-refractivity contribution in [2.24, 2.45) is 0 Å². The average molecular weight is 252 g/mol. The number of rotatable bonds is 3. The number of aliphatic hydroxyl groups excluding tert-OH is 1. The summed E-state index contributed by atoms with van der Waals surface area (Å²) >= 11 is 0. The Kier molecular flexibility index (Phi) is 3.93. The quantitative estimate of drug-likeness (QED) is 0.689. The van der Waals surface area contributed by atoms with Crippen molar-refractivity contribution in [3.63, 3.8) is 0 Å². The van der Waals surface area contributed by atoms with Gasteiger partial charge in [0.2, 0.25) is 5.91 Å². The lowest BCUT2D eigenvalue weighted by Crippen LogP contribution is -2.42. The normalized spacial score (nSPS) is 20.6. The summed E-state index contributed by atoms with van der Waals surface area (Å²) in [7, 11) is 0. The van der Waals surface area contributed by atoms with Crippen LogP contribution in [-0.2, 0) is 9.59 Å². The lowest BCUT2D eigenvalue weighted by molar-refractivity contribution is -0.141. The molecule has 18 heavy (non-hydrogen) atoms. The Balaban J connectivity index is 1.91. The molecule has 0 aromatic carbocycles. The van der Waals surface area contributed by atoms with Gasteiger partial charge in [-0.2, -0.15) is 5.10 Å². The maximum absolute atomic E-state index is 11.8. The highest BCUT2D eigenvalue weighted by atomic mass is 16.3. The van der Waals surface area contributed by atoms with Gasteiger partial charge in [0, 0.05) is 12.7 Å². The van der Waals surface area contributed by atoms with E-state index in [0.717, 1.165) is 12.8 Å². The van der Waals surface area contributed by atoms with Crippen LogP contribution in [0.5, 0.6) is 0 Å². The van der Waals surface area contributed by atoms with Crippen LogP contribution in [0.25, 0.3) is 0 Å². The first kappa shape index (κ1) is 12.6. The number of carbonyl (C=O) groups excluding carboxylic acids is 2. The van der Waals surface area contributed by atoms with Crippen LogP contribution >= 0.6 is 0 Å². The summed E-state index contributed by atoms with van der Waals surface area (Å²) in [6.07, 6.45) is 4.13. The van der Waals surface area contributed by atoms with Crippen molar-refractivity contribution in [3.05, 3.63) is 12.4 Å². The van der Waals surface area contributed by atoms with Crippen molar-refractivity contribution >= 4 is 17.5 Å². The second kappa shape index (κ2) is 5.63. The van der Waals surface area contributed by atoms with Gasteiger partial charge in [0.1, 0.15) is 6.10 Å². The summed E-state index contributed by atoms with van der Waals surface area (Å²) in [4.78, 5) is 24.9. The van der Waals surface area contributed by atoms with Gasteiger partial charge in [-0.15, -0.1) is 0 Å². The van der Waals surface area contributed by atoms with E-state index < -0.39 is 6.10 Å². The molecule has 1 fully saturated rings. The molecule has 2 heterocycles. The van der Waals surface area contributed by atoms with Gasteiger partial charge in [0.25, 0.3) is 5.91 Å². The summed E-state index contributed by atoms with van der Waals surface area (Å²) in [5.41, 5.74) is 0.558. The molecular formula is C11H16N4O3. The van der Waals surface area contributed by atoms with E-state index in [-0.39, 0.29) is 18.4 Å². The van der Waals surface area contributed by atoms with E-state index in [9.17, 15) is 14.7 Å². The van der Waals surface area contributed by atoms with Crippen molar-refractivity contribution in [2.45, 2.75) is 25.4 Å². The van der Waals surface area contributed by atoms with Crippen LogP contribution in [0.15, 0.2) is 12.4 Å². The number of amides is 2. The second-order valence-electron chi connectivity index (χ2n) is 4.31. The molecule has 0 spiro atoms. The largest absolute Gasteiger partial charge is 0.383 e. The summed E-state index contributed by atoms with van der Waals surface area (Å²) in [5, 5.41) is 18.5. The van der Waals surface area contributed by atoms with Crippen LogP contribution in [0.3, 0.4) is 0 Å². The molecule has 0 radical (unpaired) electrons. The number of hydrogen-bond acceptors (Lipinski definition) is 4. The zero-order chi connectivity index (χ0) is 13.0. The number of likely N-dealkylation sites (tertiary alicyclic amines) is 1. The second-order valence-corrected chi connectivity index (χ2v) is 4.31. The van der Waals surface area contributed by atoms with Crippen molar-refractivity contribution in [1.82, 2.24) is 15.1 Å². The molecule has 0 bridgehead atoms. The van der Waals surface area contributed by atoms with Gasteiger partial charge in [-0.1, -0.05) is 0 Å². The summed E-state index contributed by atoms with van der Waals surface area (Å²) in [5.74, 6) is -0.659. The molecule has 1 aromatic heterocycles. The maximum atomic E-state index is 11.8. The number of aliphatic hydroxyl groups is 1. The van der Waals surface area contributed by atoms with Crippen LogP contribution < -0.4 is 5.32 Å². The minimum absolute atomic E-state index is 0.0406. The molecule has 1 unspecified atom stereocenters. The molecule has 3 N–H and O–H groups in total. The first-order chi connectivity index (χ1) is 8.66. The number of aromatic nitrogens is 2. The standard InChI is InChI=1S/C11H16N4O3/c16-9-3-1-2-4-15(11(9)18)7-10(17)14-8-5-12-13-6-8/h5-6,9,16H,1-4,7H2,(H,12,13)(H,14,17). The molecule has 7 nitrogen and oxygen atoms in total. The first-order valence-corrected chi connectivity index (χ1v) is 5.92. The van der Waals surface area contributed by atoms with Crippen molar-refractivity contribution in [2.75, 3.05) is 18.4 Å². The molecule has 0 saturated carbocycles. The zero-order valence-electron chi connectivity index (χ0n) is 9.93. The van der Waals surface area contributed by atoms with E-state index in [4.69, 9.17) is 0 Å². The Morgan fingerprint density at radius 2 is 2.44 bits per heavy atom. The molecule has 1 aliphatic rings. The summed E-state index contributed by atoms with van der Waals surface area (Å²) in [6, 6.07) is 0. The highest BCUT2D eigenvalue weighted by molar-refractivity contribution is 5.94. The third-order valence-electron chi connectivity index (χ3n) is 2.87. The number of H-pyrrole nitrogens is 1. The van der Waals surface area contributed by atoms with E-state index in [0.29, 0.717) is 18.7 Å². The highest BCUT2D eigenvalue weighted by Gasteiger charge is 2.26. The lowest BCUT2D eigenvalue weighted by atomic mass is 10.2. The third-order valence-corrected chi connectivity index (χ3v) is 2.87. The van der Waals surface area contributed by atoms with Crippen LogP contribution in [0.2, 0.25) is 0 Å². The number of carbonyl (C=O) groups is 2. The fraction of sp³-hybridized carbons (Fsp3) is 0.545. The van der Waals surface area contributed by atoms with Crippen molar-refractivity contribution in [3.8, 4) is 0 Å². The number of anilines is 1. The predicted octanol–water partition coefficient (Wildman–Crippen LogP) is -0.278. The van der Waals surface area contributed by atoms with Crippen LogP contribution in [-0.4, -0.2) is 51.2 Å². The van der Waals surface area contributed by atoms with E-state index in [1.807, 2.05) is 0 Å². The Hall–Kier alpha value is -1.89. The van der Waals surface area contributed by atoms with E-state index >= 15 is 0 Å². The molecular weight excluding hydrogens is 236 g/mol. The Labute approximate surface area is 104 Å². The van der Waals surface area contributed by atoms with Gasteiger partial charge < -0.3 is 15.3 Å². The third kappa shape index (κ3) is 3.07. The molecule has 1 saturated heterocycles. The van der Waals surface area contributed by atoms with Crippen LogP contribution in [0, 0.1) is 0 Å². The number of nitrogens with zero attached hydrogens (tertiary/aromatic N) is 2. The van der Waals surface area contributed by atoms with E-state index in [1.165, 1.54) is 11.1 Å². The summed E-state index contributed by atoms with van der Waals surface area (Å²) in [6.45, 7) is 0.468. The Morgan fingerprint density at radius 3 is 3.17 bits per heavy atom. The molecule has 2 amide bonds. The predicted molar refractivity (Wildman–Crippen MR) is 63.7 cm³/mol. The van der Waals surface area contributed by atoms with Gasteiger partial charge >= 0.3 is 0 Å². The number of nitrogens with one attached hydrogen (secondary N) is 2. The topological polar surface area (TPSA) is 98.3 Å². The number of hydrogen-bond donors (Lipinski definition) is 3. The Bertz CT molecular complexity index is 418. The van der Waals surface area contributed by atoms with Gasteiger partial charge in [0.15, 0.2) is 0 Å². The summed E-state index contributed by atoms with van der Waals surface area (Å²) < 4.78 is 0. The minimum atomic E-state index is -0.978. The molecule has 0 aliphatic carbocycles. The van der Waals surface area contributed by atoms with E-state index in [1.54, 1.807) is 6.20 Å². The molecule has 1 aliphatic heterocycles. The molecule has 2 rings (SSSR count). The van der Waals surface area contributed by atoms with Gasteiger partial charge in [-0.05, 0) is 19.3 Å². The highest BCUT2D eigenvalue weighted by Crippen LogP contribution is 2.12. The fourth-order valence-corrected chi connectivity index (χ4v) is 1.93. The maximum Gasteiger partial charge on any atom is 0.251 e. The molecule has 1 atom stereocenters. The minimum Gasteiger partial charge on any atom is -0.383 e. The first-order valence-electron chi connectivity index (χ1n) is 5.92. The van der Waals surface area contributed by atoms with Crippen LogP contribution in [0.1, 0.15) is 19.3 Å². The monoisotopic (exact) mass is 252 g/mol.